The maximum absolute atomic E-state index is 12.5. The number of aromatic nitrogens is 2. The quantitative estimate of drug-likeness (QED) is 0.753. The number of imidazole rings is 1. The van der Waals surface area contributed by atoms with Gasteiger partial charge in [-0.15, -0.1) is 6.58 Å². The number of rotatable bonds is 2. The topological polar surface area (TPSA) is 70.6 Å². The monoisotopic (exact) mass is 416 g/mol. The maximum atomic E-state index is 12.5. The van der Waals surface area contributed by atoms with Gasteiger partial charge in [0.05, 0.1) is 18.1 Å². The van der Waals surface area contributed by atoms with Crippen molar-refractivity contribution in [2.24, 2.45) is 0 Å². The Kier molecular flexibility index (Phi) is 6.71. The van der Waals surface area contributed by atoms with Gasteiger partial charge in [0.1, 0.15) is 0 Å². The molecule has 1 atom stereocenters. The summed E-state index contributed by atoms with van der Waals surface area (Å²) in [5, 5.41) is 0. The summed E-state index contributed by atoms with van der Waals surface area (Å²) in [5.74, 6) is 0. The van der Waals surface area contributed by atoms with Gasteiger partial charge in [-0.25, -0.2) is 9.59 Å². The molecule has 2 fully saturated rings. The summed E-state index contributed by atoms with van der Waals surface area (Å²) in [4.78, 5) is 31.6. The van der Waals surface area contributed by atoms with Crippen LogP contribution in [0.4, 0.5) is 4.79 Å². The van der Waals surface area contributed by atoms with Gasteiger partial charge >= 0.3 is 11.8 Å². The van der Waals surface area contributed by atoms with Gasteiger partial charge in [-0.2, -0.15) is 0 Å². The van der Waals surface area contributed by atoms with Crippen LogP contribution in [-0.2, 0) is 4.74 Å². The van der Waals surface area contributed by atoms with Gasteiger partial charge in [0.15, 0.2) is 0 Å². The third kappa shape index (κ3) is 4.31. The number of aryl methyl sites for hydroxylation is 1. The number of nitrogens with zero attached hydrogens (tertiary/aromatic N) is 3. The van der Waals surface area contributed by atoms with Gasteiger partial charge in [-0.3, -0.25) is 9.47 Å². The number of benzene rings is 1. The number of amides is 1. The molecule has 0 bridgehead atoms. The highest BCUT2D eigenvalue weighted by Crippen LogP contribution is 2.33. The molecule has 7 heteroatoms. The molecule has 1 aromatic heterocycles. The average Bonchev–Trinajstić information content (AvgIpc) is 3.28. The molecule has 0 radical (unpaired) electrons. The lowest BCUT2D eigenvalue weighted by molar-refractivity contribution is 0.0662. The molecule has 1 aromatic carbocycles. The molecule has 1 amide bonds. The summed E-state index contributed by atoms with van der Waals surface area (Å²) in [6.07, 6.45) is 4.34. The summed E-state index contributed by atoms with van der Waals surface area (Å²) in [6, 6.07) is 6.32. The first kappa shape index (κ1) is 22.2. The number of H-pyrrole nitrogens is 1. The molecule has 2 aliphatic heterocycles. The van der Waals surface area contributed by atoms with E-state index in [1.165, 1.54) is 7.11 Å². The summed E-state index contributed by atoms with van der Waals surface area (Å²) >= 11 is 0. The maximum Gasteiger partial charge on any atom is 0.409 e. The van der Waals surface area contributed by atoms with Crippen molar-refractivity contribution in [1.82, 2.24) is 19.4 Å². The van der Waals surface area contributed by atoms with Crippen molar-refractivity contribution >= 4 is 17.1 Å². The SMILES string of the molecule is C=CC.COC(=O)N1CCC(C)(N2CCC(n3c(=O)[nH]c4ccc(C)cc43)CC2)C1.[HH]. The van der Waals surface area contributed by atoms with Gasteiger partial charge < -0.3 is 14.6 Å². The Labute approximate surface area is 179 Å². The molecule has 3 heterocycles. The minimum Gasteiger partial charge on any atom is -0.453 e. The lowest BCUT2D eigenvalue weighted by Gasteiger charge is -2.43. The van der Waals surface area contributed by atoms with E-state index in [1.54, 1.807) is 11.0 Å². The summed E-state index contributed by atoms with van der Waals surface area (Å²) < 4.78 is 6.81. The lowest BCUT2D eigenvalue weighted by Crippen LogP contribution is -2.52. The van der Waals surface area contributed by atoms with Gasteiger partial charge in [0, 0.05) is 39.2 Å². The van der Waals surface area contributed by atoms with Gasteiger partial charge in [0.2, 0.25) is 0 Å². The second kappa shape index (κ2) is 9.08. The predicted molar refractivity (Wildman–Crippen MR) is 122 cm³/mol. The minimum absolute atomic E-state index is 0. The van der Waals surface area contributed by atoms with Gasteiger partial charge in [-0.05, 0) is 57.7 Å². The van der Waals surface area contributed by atoms with E-state index >= 15 is 0 Å². The van der Waals surface area contributed by atoms with Crippen molar-refractivity contribution < 1.29 is 11.0 Å². The fourth-order valence-corrected chi connectivity index (χ4v) is 4.75. The molecule has 166 valence electrons. The third-order valence-electron chi connectivity index (χ3n) is 6.35. The predicted octanol–water partition coefficient (Wildman–Crippen LogP) is 3.94. The molecule has 0 aliphatic carbocycles. The number of ether oxygens (including phenoxy) is 1. The van der Waals surface area contributed by atoms with Crippen molar-refractivity contribution in [3.05, 3.63) is 46.9 Å². The van der Waals surface area contributed by atoms with E-state index in [4.69, 9.17) is 4.74 Å². The molecule has 2 saturated heterocycles. The number of likely N-dealkylation sites (tertiary alicyclic amines) is 2. The van der Waals surface area contributed by atoms with Crippen molar-refractivity contribution in [2.75, 3.05) is 33.3 Å². The van der Waals surface area contributed by atoms with E-state index in [0.29, 0.717) is 6.54 Å². The van der Waals surface area contributed by atoms with Crippen LogP contribution in [0.15, 0.2) is 35.6 Å². The summed E-state index contributed by atoms with van der Waals surface area (Å²) in [6.45, 7) is 12.8. The number of allylic oxidation sites excluding steroid dienone is 1. The number of hydrogen-bond acceptors (Lipinski definition) is 4. The summed E-state index contributed by atoms with van der Waals surface area (Å²) in [5.41, 5.74) is 3.04. The first-order valence-corrected chi connectivity index (χ1v) is 10.7. The molecule has 1 N–H and O–H groups in total. The Morgan fingerprint density at radius 3 is 2.63 bits per heavy atom. The molecule has 7 nitrogen and oxygen atoms in total. The fourth-order valence-electron chi connectivity index (χ4n) is 4.75. The number of piperidine rings is 1. The van der Waals surface area contributed by atoms with Crippen molar-refractivity contribution in [3.63, 3.8) is 0 Å². The van der Waals surface area contributed by atoms with Crippen LogP contribution in [-0.4, -0.2) is 64.3 Å². The summed E-state index contributed by atoms with van der Waals surface area (Å²) in [7, 11) is 1.43. The second-order valence-electron chi connectivity index (χ2n) is 8.59. The number of methoxy groups -OCH3 is 1. The second-order valence-corrected chi connectivity index (χ2v) is 8.59. The van der Waals surface area contributed by atoms with Crippen LogP contribution in [0.5, 0.6) is 0 Å². The number of fused-ring (bicyclic) bond motifs is 1. The van der Waals surface area contributed by atoms with E-state index in [0.717, 1.165) is 55.5 Å². The van der Waals surface area contributed by atoms with E-state index in [1.807, 2.05) is 23.6 Å². The van der Waals surface area contributed by atoms with E-state index in [-0.39, 0.29) is 24.8 Å². The first-order chi connectivity index (χ1) is 14.3. The van der Waals surface area contributed by atoms with Gasteiger partial charge in [-0.1, -0.05) is 12.1 Å². The number of aromatic amines is 1. The van der Waals surface area contributed by atoms with Crippen LogP contribution in [0.1, 0.15) is 46.1 Å². The Morgan fingerprint density at radius 2 is 2.00 bits per heavy atom. The zero-order valence-electron chi connectivity index (χ0n) is 18.6. The van der Waals surface area contributed by atoms with Crippen LogP contribution in [0, 0.1) is 6.92 Å². The normalized spacial score (nSPS) is 22.6. The first-order valence-electron chi connectivity index (χ1n) is 10.7. The smallest absolute Gasteiger partial charge is 0.409 e. The molecule has 30 heavy (non-hydrogen) atoms. The molecule has 4 rings (SSSR count). The van der Waals surface area contributed by atoms with E-state index < -0.39 is 0 Å². The van der Waals surface area contributed by atoms with Crippen LogP contribution in [0.3, 0.4) is 0 Å². The van der Waals surface area contributed by atoms with Crippen molar-refractivity contribution in [2.45, 2.75) is 51.6 Å². The van der Waals surface area contributed by atoms with Crippen molar-refractivity contribution in [1.29, 1.82) is 0 Å². The van der Waals surface area contributed by atoms with Crippen LogP contribution >= 0.6 is 0 Å². The van der Waals surface area contributed by atoms with E-state index in [2.05, 4.69) is 36.4 Å². The number of hydrogen-bond donors (Lipinski definition) is 1. The number of carbonyl (C=O) groups excluding carboxylic acids is 1. The lowest BCUT2D eigenvalue weighted by atomic mass is 9.93. The van der Waals surface area contributed by atoms with E-state index in [9.17, 15) is 9.59 Å². The highest BCUT2D eigenvalue weighted by molar-refractivity contribution is 5.76. The van der Waals surface area contributed by atoms with Gasteiger partial charge in [0.25, 0.3) is 0 Å². The van der Waals surface area contributed by atoms with Crippen LogP contribution < -0.4 is 5.69 Å². The molecular weight excluding hydrogens is 380 g/mol. The molecule has 2 aliphatic rings. The van der Waals surface area contributed by atoms with Crippen LogP contribution in [0.25, 0.3) is 11.0 Å². The Balaban J connectivity index is 0.000000808. The number of nitrogens with one attached hydrogen (secondary N) is 1. The Hall–Kier alpha value is -2.54. The highest BCUT2D eigenvalue weighted by Gasteiger charge is 2.42. The fraction of sp³-hybridized carbons (Fsp3) is 0.565. The molecule has 0 spiro atoms. The van der Waals surface area contributed by atoms with Crippen molar-refractivity contribution in [3.8, 4) is 0 Å². The largest absolute Gasteiger partial charge is 0.453 e. The minimum atomic E-state index is -0.241. The highest BCUT2D eigenvalue weighted by atomic mass is 16.5. The third-order valence-corrected chi connectivity index (χ3v) is 6.35. The van der Waals surface area contributed by atoms with Crippen LogP contribution in [0.2, 0.25) is 0 Å². The Morgan fingerprint density at radius 1 is 1.33 bits per heavy atom. The standard InChI is InChI=1S/C20H28N4O3.C3H6.H2/c1-14-4-5-16-17(12-14)24(18(25)21-16)15-6-9-23(10-7-15)20(2)8-11-22(13-20)19(26)27-3;1-3-2;/h4-5,12,15H,6-11,13H2,1-3H3,(H,21,25);3H,1H2,2H3;1H. The average molecular weight is 417 g/mol. The number of carbonyl (C=O) groups is 1. The molecule has 0 saturated carbocycles. The zero-order chi connectivity index (χ0) is 21.9. The zero-order valence-corrected chi connectivity index (χ0v) is 18.6. The molecule has 1 unspecified atom stereocenters. The Bertz CT molecular complexity index is 961. The molecule has 2 aromatic rings. The molecular formula is C23H36N4O3.